The molecule has 1 heterocycles. The van der Waals surface area contributed by atoms with Gasteiger partial charge >= 0.3 is 0 Å². The van der Waals surface area contributed by atoms with E-state index in [0.717, 1.165) is 13.0 Å². The Balaban J connectivity index is 1.95. The van der Waals surface area contributed by atoms with E-state index < -0.39 is 4.33 Å². The fourth-order valence-electron chi connectivity index (χ4n) is 1.12. The minimum Gasteiger partial charge on any atom is -0.337 e. The maximum Gasteiger partial charge on any atom is 0.123 e. The number of rotatable bonds is 2. The van der Waals surface area contributed by atoms with Gasteiger partial charge in [0, 0.05) is 24.9 Å². The predicted octanol–water partition coefficient (Wildman–Crippen LogP) is 2.08. The van der Waals surface area contributed by atoms with E-state index in [1.54, 1.807) is 12.5 Å². The zero-order chi connectivity index (χ0) is 7.90. The molecule has 0 saturated heterocycles. The molecule has 1 aromatic rings. The van der Waals surface area contributed by atoms with Crippen molar-refractivity contribution in [2.75, 3.05) is 0 Å². The standard InChI is InChI=1S/C7H8Cl2N2/c8-7(9)3-6(7)4-11-2-1-10-5-11/h1-2,5-6H,3-4H2/t6-/m0/s1. The Morgan fingerprint density at radius 3 is 2.82 bits per heavy atom. The second-order valence-electron chi connectivity index (χ2n) is 2.92. The molecule has 1 aliphatic rings. The van der Waals surface area contributed by atoms with Crippen LogP contribution < -0.4 is 0 Å². The minimum absolute atomic E-state index is 0.403. The second kappa shape index (κ2) is 2.39. The summed E-state index contributed by atoms with van der Waals surface area (Å²) in [6.07, 6.45) is 6.35. The van der Waals surface area contributed by atoms with Crippen molar-refractivity contribution in [2.45, 2.75) is 17.3 Å². The lowest BCUT2D eigenvalue weighted by Gasteiger charge is -1.99. The summed E-state index contributed by atoms with van der Waals surface area (Å²) in [7, 11) is 0. The third-order valence-corrected chi connectivity index (χ3v) is 2.87. The third kappa shape index (κ3) is 1.52. The van der Waals surface area contributed by atoms with Gasteiger partial charge in [-0.3, -0.25) is 0 Å². The number of nitrogens with zero attached hydrogens (tertiary/aromatic N) is 2. The van der Waals surface area contributed by atoms with Crippen molar-refractivity contribution >= 4 is 23.2 Å². The summed E-state index contributed by atoms with van der Waals surface area (Å²) in [5.41, 5.74) is 0. The second-order valence-corrected chi connectivity index (χ2v) is 4.46. The van der Waals surface area contributed by atoms with Crippen LogP contribution in [0.2, 0.25) is 0 Å². The van der Waals surface area contributed by atoms with Crippen molar-refractivity contribution in [2.24, 2.45) is 5.92 Å². The summed E-state index contributed by atoms with van der Waals surface area (Å²) in [6.45, 7) is 0.882. The lowest BCUT2D eigenvalue weighted by atomic mass is 10.4. The zero-order valence-corrected chi connectivity index (χ0v) is 7.39. The number of aromatic nitrogens is 2. The van der Waals surface area contributed by atoms with E-state index in [1.165, 1.54) is 0 Å². The molecular weight excluding hydrogens is 183 g/mol. The summed E-state index contributed by atoms with van der Waals surface area (Å²) in [5, 5.41) is 0. The first-order valence-electron chi connectivity index (χ1n) is 3.52. The largest absolute Gasteiger partial charge is 0.337 e. The quantitative estimate of drug-likeness (QED) is 0.654. The van der Waals surface area contributed by atoms with E-state index in [2.05, 4.69) is 4.98 Å². The highest BCUT2D eigenvalue weighted by atomic mass is 35.5. The lowest BCUT2D eigenvalue weighted by molar-refractivity contribution is 0.621. The Bertz CT molecular complexity index is 243. The number of hydrogen-bond acceptors (Lipinski definition) is 1. The summed E-state index contributed by atoms with van der Waals surface area (Å²) in [4.78, 5) is 3.93. The summed E-state index contributed by atoms with van der Waals surface area (Å²) in [6, 6.07) is 0. The summed E-state index contributed by atoms with van der Waals surface area (Å²) >= 11 is 11.7. The van der Waals surface area contributed by atoms with E-state index in [-0.39, 0.29) is 0 Å². The van der Waals surface area contributed by atoms with Crippen molar-refractivity contribution in [3.63, 3.8) is 0 Å². The van der Waals surface area contributed by atoms with Gasteiger partial charge in [-0.25, -0.2) is 4.98 Å². The molecular formula is C7H8Cl2N2. The molecule has 0 bridgehead atoms. The van der Waals surface area contributed by atoms with E-state index in [1.807, 2.05) is 10.8 Å². The van der Waals surface area contributed by atoms with Crippen LogP contribution in [0.1, 0.15) is 6.42 Å². The normalized spacial score (nSPS) is 26.9. The van der Waals surface area contributed by atoms with E-state index in [4.69, 9.17) is 23.2 Å². The molecule has 1 atom stereocenters. The van der Waals surface area contributed by atoms with Gasteiger partial charge in [-0.2, -0.15) is 0 Å². The monoisotopic (exact) mass is 190 g/mol. The van der Waals surface area contributed by atoms with E-state index in [9.17, 15) is 0 Å². The highest BCUT2D eigenvalue weighted by Gasteiger charge is 2.51. The average molecular weight is 191 g/mol. The molecule has 60 valence electrons. The molecule has 0 unspecified atom stereocenters. The maximum absolute atomic E-state index is 5.86. The van der Waals surface area contributed by atoms with Crippen LogP contribution in [0.4, 0.5) is 0 Å². The molecule has 2 rings (SSSR count). The molecule has 1 aromatic heterocycles. The van der Waals surface area contributed by atoms with Crippen molar-refractivity contribution in [1.82, 2.24) is 9.55 Å². The summed E-state index contributed by atoms with van der Waals surface area (Å²) in [5.74, 6) is 0.403. The smallest absolute Gasteiger partial charge is 0.123 e. The molecule has 1 fully saturated rings. The molecule has 2 nitrogen and oxygen atoms in total. The SMILES string of the molecule is ClC1(Cl)C[C@H]1Cn1ccnc1. The van der Waals surface area contributed by atoms with Gasteiger partial charge in [-0.05, 0) is 6.42 Å². The van der Waals surface area contributed by atoms with E-state index in [0.29, 0.717) is 5.92 Å². The lowest BCUT2D eigenvalue weighted by Crippen LogP contribution is -2.01. The molecule has 0 spiro atoms. The van der Waals surface area contributed by atoms with Crippen LogP contribution in [0, 0.1) is 5.92 Å². The number of halogens is 2. The first-order valence-corrected chi connectivity index (χ1v) is 4.27. The first-order chi connectivity index (χ1) is 5.18. The fourth-order valence-corrected chi connectivity index (χ4v) is 1.63. The Labute approximate surface area is 75.1 Å². The third-order valence-electron chi connectivity index (χ3n) is 1.95. The van der Waals surface area contributed by atoms with Crippen LogP contribution in [-0.2, 0) is 6.54 Å². The Kier molecular flexibility index (Phi) is 1.62. The van der Waals surface area contributed by atoms with Crippen molar-refractivity contribution in [3.8, 4) is 0 Å². The predicted molar refractivity (Wildman–Crippen MR) is 44.8 cm³/mol. The summed E-state index contributed by atoms with van der Waals surface area (Å²) < 4.78 is 1.53. The van der Waals surface area contributed by atoms with Crippen LogP contribution >= 0.6 is 23.2 Å². The molecule has 0 amide bonds. The van der Waals surface area contributed by atoms with Crippen molar-refractivity contribution in [3.05, 3.63) is 18.7 Å². The van der Waals surface area contributed by atoms with Crippen LogP contribution in [0.25, 0.3) is 0 Å². The van der Waals surface area contributed by atoms with Crippen LogP contribution in [0.3, 0.4) is 0 Å². The minimum atomic E-state index is -0.468. The van der Waals surface area contributed by atoms with Crippen molar-refractivity contribution in [1.29, 1.82) is 0 Å². The maximum atomic E-state index is 5.86. The number of hydrogen-bond donors (Lipinski definition) is 0. The fraction of sp³-hybridized carbons (Fsp3) is 0.571. The molecule has 0 aliphatic heterocycles. The van der Waals surface area contributed by atoms with Crippen LogP contribution in [-0.4, -0.2) is 13.9 Å². The highest BCUT2D eigenvalue weighted by Crippen LogP contribution is 2.53. The Hall–Kier alpha value is -0.210. The van der Waals surface area contributed by atoms with Gasteiger partial charge < -0.3 is 4.57 Å². The van der Waals surface area contributed by atoms with Gasteiger partial charge in [0.15, 0.2) is 0 Å². The molecule has 0 radical (unpaired) electrons. The Morgan fingerprint density at radius 1 is 1.64 bits per heavy atom. The highest BCUT2D eigenvalue weighted by molar-refractivity contribution is 6.50. The van der Waals surface area contributed by atoms with Crippen LogP contribution in [0.15, 0.2) is 18.7 Å². The van der Waals surface area contributed by atoms with E-state index >= 15 is 0 Å². The molecule has 1 saturated carbocycles. The molecule has 0 aromatic carbocycles. The molecule has 11 heavy (non-hydrogen) atoms. The first kappa shape index (κ1) is 7.44. The molecule has 0 N–H and O–H groups in total. The van der Waals surface area contributed by atoms with Gasteiger partial charge in [0.1, 0.15) is 4.33 Å². The van der Waals surface area contributed by atoms with Gasteiger partial charge in [0.2, 0.25) is 0 Å². The zero-order valence-electron chi connectivity index (χ0n) is 5.87. The average Bonchev–Trinajstić information content (AvgIpc) is 2.42. The van der Waals surface area contributed by atoms with Gasteiger partial charge in [0.25, 0.3) is 0 Å². The van der Waals surface area contributed by atoms with Crippen molar-refractivity contribution < 1.29 is 0 Å². The Morgan fingerprint density at radius 2 is 2.36 bits per heavy atom. The van der Waals surface area contributed by atoms with Gasteiger partial charge in [-0.15, -0.1) is 23.2 Å². The number of alkyl halides is 2. The topological polar surface area (TPSA) is 17.8 Å². The van der Waals surface area contributed by atoms with Gasteiger partial charge in [0.05, 0.1) is 6.33 Å². The van der Waals surface area contributed by atoms with Gasteiger partial charge in [-0.1, -0.05) is 0 Å². The molecule has 1 aliphatic carbocycles. The molecule has 4 heteroatoms. The number of imidazole rings is 1. The van der Waals surface area contributed by atoms with Crippen LogP contribution in [0.5, 0.6) is 0 Å².